The predicted molar refractivity (Wildman–Crippen MR) is 192 cm³/mol. The van der Waals surface area contributed by atoms with Gasteiger partial charge >= 0.3 is 0 Å². The largest absolute Gasteiger partial charge is 0.208 e. The summed E-state index contributed by atoms with van der Waals surface area (Å²) in [6.07, 6.45) is 4.89. The predicted octanol–water partition coefficient (Wildman–Crippen LogP) is 11.0. The first-order valence-corrected chi connectivity index (χ1v) is 16.6. The van der Waals surface area contributed by atoms with Crippen LogP contribution < -0.4 is 0 Å². The lowest BCUT2D eigenvalue weighted by Crippen LogP contribution is -2.20. The van der Waals surface area contributed by atoms with E-state index in [-0.39, 0.29) is 5.41 Å². The van der Waals surface area contributed by atoms with Gasteiger partial charge in [-0.3, -0.25) is 0 Å². The van der Waals surface area contributed by atoms with Gasteiger partial charge in [-0.15, -0.1) is 0 Å². The third kappa shape index (κ3) is 4.70. The Kier molecular flexibility index (Phi) is 6.64. The molecule has 0 radical (unpaired) electrons. The van der Waals surface area contributed by atoms with Gasteiger partial charge in [-0.05, 0) is 69.5 Å². The summed E-state index contributed by atoms with van der Waals surface area (Å²) >= 11 is 0. The van der Waals surface area contributed by atoms with Crippen LogP contribution in [0.3, 0.4) is 0 Å². The van der Waals surface area contributed by atoms with E-state index in [9.17, 15) is 0 Å². The zero-order chi connectivity index (χ0) is 31.2. The highest BCUT2D eigenvalue weighted by Gasteiger charge is 2.45. The van der Waals surface area contributed by atoms with E-state index in [0.29, 0.717) is 17.5 Å². The van der Waals surface area contributed by atoms with Gasteiger partial charge < -0.3 is 0 Å². The number of benzene rings is 6. The molecule has 0 saturated heterocycles. The Morgan fingerprint density at radius 2 is 0.809 bits per heavy atom. The highest BCUT2D eigenvalue weighted by Crippen LogP contribution is 2.58. The highest BCUT2D eigenvalue weighted by molar-refractivity contribution is 5.92. The van der Waals surface area contributed by atoms with Crippen LogP contribution in [0, 0.1) is 0 Å². The Hall–Kier alpha value is -5.67. The standard InChI is InChI=1S/C44H33N3/c1-3-14-30(15-4-1)32-18-11-20-34(28-32)41-45-42(35-21-12-19-33(29-35)31-16-5-2-6-17-31)47-43(46-41)37-23-13-25-39-40(37)36-22-7-8-24-38(36)44(39)26-9-10-27-44/h1-8,11-25,28-29H,9-10,26-27H2. The number of aromatic nitrogens is 3. The fraction of sp³-hybridized carbons (Fsp3) is 0.114. The first kappa shape index (κ1) is 27.6. The third-order valence-electron chi connectivity index (χ3n) is 10.1. The molecule has 0 bridgehead atoms. The molecule has 1 heterocycles. The van der Waals surface area contributed by atoms with Crippen molar-refractivity contribution in [2.24, 2.45) is 0 Å². The van der Waals surface area contributed by atoms with Crippen LogP contribution in [0.1, 0.15) is 36.8 Å². The van der Waals surface area contributed by atoms with Gasteiger partial charge in [0.2, 0.25) is 0 Å². The fourth-order valence-electron chi connectivity index (χ4n) is 7.90. The molecule has 9 rings (SSSR count). The van der Waals surface area contributed by atoms with Crippen LogP contribution in [0.15, 0.2) is 152 Å². The lowest BCUT2D eigenvalue weighted by molar-refractivity contribution is 0.550. The van der Waals surface area contributed by atoms with Gasteiger partial charge in [0.15, 0.2) is 17.5 Å². The minimum absolute atomic E-state index is 0.0780. The quantitative estimate of drug-likeness (QED) is 0.196. The van der Waals surface area contributed by atoms with Crippen molar-refractivity contribution < 1.29 is 0 Å². The minimum Gasteiger partial charge on any atom is -0.208 e. The van der Waals surface area contributed by atoms with E-state index in [1.54, 1.807) is 0 Å². The molecule has 7 aromatic rings. The first-order valence-electron chi connectivity index (χ1n) is 16.6. The van der Waals surface area contributed by atoms with Crippen LogP contribution in [0.5, 0.6) is 0 Å². The molecule has 2 aliphatic rings. The molecule has 0 aliphatic heterocycles. The zero-order valence-electron chi connectivity index (χ0n) is 26.1. The van der Waals surface area contributed by atoms with Crippen molar-refractivity contribution in [1.29, 1.82) is 0 Å². The van der Waals surface area contributed by atoms with Gasteiger partial charge in [0.05, 0.1) is 0 Å². The van der Waals surface area contributed by atoms with E-state index in [1.807, 2.05) is 12.1 Å². The third-order valence-corrected chi connectivity index (χ3v) is 10.1. The molecule has 3 heteroatoms. The molecule has 0 unspecified atom stereocenters. The summed E-state index contributed by atoms with van der Waals surface area (Å²) in [5.74, 6) is 2.06. The maximum Gasteiger partial charge on any atom is 0.164 e. The van der Waals surface area contributed by atoms with Crippen molar-refractivity contribution >= 4 is 0 Å². The highest BCUT2D eigenvalue weighted by atomic mass is 15.0. The Morgan fingerprint density at radius 1 is 0.362 bits per heavy atom. The molecule has 224 valence electrons. The Bertz CT molecular complexity index is 2150. The van der Waals surface area contributed by atoms with Crippen LogP contribution in [0.4, 0.5) is 0 Å². The fourth-order valence-corrected chi connectivity index (χ4v) is 7.90. The molecule has 0 N–H and O–H groups in total. The van der Waals surface area contributed by atoms with E-state index >= 15 is 0 Å². The van der Waals surface area contributed by atoms with Crippen LogP contribution in [-0.4, -0.2) is 15.0 Å². The molecule has 0 amide bonds. The van der Waals surface area contributed by atoms with Gasteiger partial charge in [-0.2, -0.15) is 0 Å². The molecule has 1 aromatic heterocycles. The lowest BCUT2D eigenvalue weighted by atomic mass is 9.76. The smallest absolute Gasteiger partial charge is 0.164 e. The second-order valence-corrected chi connectivity index (χ2v) is 12.8. The Morgan fingerprint density at radius 3 is 1.43 bits per heavy atom. The maximum atomic E-state index is 5.26. The summed E-state index contributed by atoms with van der Waals surface area (Å²) in [6, 6.07) is 53.8. The number of hydrogen-bond acceptors (Lipinski definition) is 3. The van der Waals surface area contributed by atoms with Crippen molar-refractivity contribution in [3.63, 3.8) is 0 Å². The summed E-state index contributed by atoms with van der Waals surface area (Å²) in [4.78, 5) is 15.7. The number of hydrogen-bond donors (Lipinski definition) is 0. The lowest BCUT2D eigenvalue weighted by Gasteiger charge is -2.26. The summed E-state index contributed by atoms with van der Waals surface area (Å²) in [5.41, 5.74) is 13.2. The second kappa shape index (κ2) is 11.3. The van der Waals surface area contributed by atoms with Crippen LogP contribution in [-0.2, 0) is 5.41 Å². The molecule has 47 heavy (non-hydrogen) atoms. The van der Waals surface area contributed by atoms with Crippen molar-refractivity contribution in [1.82, 2.24) is 15.0 Å². The topological polar surface area (TPSA) is 38.7 Å². The minimum atomic E-state index is 0.0780. The maximum absolute atomic E-state index is 5.26. The zero-order valence-corrected chi connectivity index (χ0v) is 26.1. The number of rotatable bonds is 5. The van der Waals surface area contributed by atoms with Gasteiger partial charge in [-0.25, -0.2) is 15.0 Å². The van der Waals surface area contributed by atoms with E-state index in [2.05, 4.69) is 140 Å². The second-order valence-electron chi connectivity index (χ2n) is 12.8. The van der Waals surface area contributed by atoms with Gasteiger partial charge in [0.25, 0.3) is 0 Å². The van der Waals surface area contributed by atoms with E-state index in [4.69, 9.17) is 15.0 Å². The normalized spacial score (nSPS) is 14.2. The average Bonchev–Trinajstić information content (AvgIpc) is 3.76. The molecule has 0 atom stereocenters. The summed E-state index contributed by atoms with van der Waals surface area (Å²) in [5, 5.41) is 0. The molecule has 1 saturated carbocycles. The van der Waals surface area contributed by atoms with E-state index in [0.717, 1.165) is 27.8 Å². The Labute approximate surface area is 275 Å². The van der Waals surface area contributed by atoms with Crippen LogP contribution >= 0.6 is 0 Å². The van der Waals surface area contributed by atoms with E-state index in [1.165, 1.54) is 59.1 Å². The first-order chi connectivity index (χ1) is 23.3. The monoisotopic (exact) mass is 603 g/mol. The SMILES string of the molecule is c1ccc(-c2cccc(-c3nc(-c4cccc(-c5ccccc5)c4)nc(-c4cccc5c4-c4ccccc4C54CCCC4)n3)c2)cc1. The summed E-state index contributed by atoms with van der Waals surface area (Å²) in [7, 11) is 0. The number of nitrogens with zero attached hydrogens (tertiary/aromatic N) is 3. The average molecular weight is 604 g/mol. The van der Waals surface area contributed by atoms with Crippen molar-refractivity contribution in [2.45, 2.75) is 31.1 Å². The molecule has 2 aliphatic carbocycles. The van der Waals surface area contributed by atoms with Crippen molar-refractivity contribution in [3.8, 4) is 67.5 Å². The van der Waals surface area contributed by atoms with Gasteiger partial charge in [-0.1, -0.05) is 152 Å². The van der Waals surface area contributed by atoms with Crippen molar-refractivity contribution in [2.75, 3.05) is 0 Å². The summed E-state index contributed by atoms with van der Waals surface area (Å²) < 4.78 is 0. The molecule has 3 nitrogen and oxygen atoms in total. The van der Waals surface area contributed by atoms with Crippen molar-refractivity contribution in [3.05, 3.63) is 163 Å². The molecule has 6 aromatic carbocycles. The van der Waals surface area contributed by atoms with Gasteiger partial charge in [0.1, 0.15) is 0 Å². The summed E-state index contributed by atoms with van der Waals surface area (Å²) in [6.45, 7) is 0. The molecular weight excluding hydrogens is 571 g/mol. The van der Waals surface area contributed by atoms with Crippen LogP contribution in [0.25, 0.3) is 67.5 Å². The molecule has 1 fully saturated rings. The number of fused-ring (bicyclic) bond motifs is 5. The molecule has 1 spiro atoms. The van der Waals surface area contributed by atoms with E-state index < -0.39 is 0 Å². The van der Waals surface area contributed by atoms with Crippen LogP contribution in [0.2, 0.25) is 0 Å². The van der Waals surface area contributed by atoms with Gasteiger partial charge in [0, 0.05) is 22.1 Å². The Balaban J connectivity index is 1.26. The molecular formula is C44H33N3.